The summed E-state index contributed by atoms with van der Waals surface area (Å²) in [6.45, 7) is 13.9. The molecule has 7 unspecified atom stereocenters. The predicted molar refractivity (Wildman–Crippen MR) is 214 cm³/mol. The maximum atomic E-state index is 14.9. The first kappa shape index (κ1) is 41.9. The highest BCUT2D eigenvalue weighted by Crippen LogP contribution is 2.41. The van der Waals surface area contributed by atoms with Gasteiger partial charge in [-0.1, -0.05) is 56.9 Å². The van der Waals surface area contributed by atoms with Gasteiger partial charge in [0.05, 0.1) is 28.6 Å². The standard InChI is InChI=1S/C42H65N5O6S/c1-7-19-43-24-32-16-15-31(32)22-35(26-48)44-38(49)36-23-34(28(2)3)25-47(36)39(50)37(33-20-29-13-9-10-14-30(29)21-33)45-40(51)46-42(17-11-8-12-18-42)27-54(52,53)41(4,5)6/h7,9,13,24,26,28,31-37H,1,8,10-12,14-23,25,27H2,2-6H3,(H,44,49)(H2,45,46,51). The van der Waals surface area contributed by atoms with Gasteiger partial charge in [-0.25, -0.2) is 13.2 Å². The fourth-order valence-electron chi connectivity index (χ4n) is 9.16. The van der Waals surface area contributed by atoms with E-state index in [1.54, 1.807) is 31.7 Å². The van der Waals surface area contributed by atoms with E-state index in [0.717, 1.165) is 51.2 Å². The Kier molecular flexibility index (Phi) is 13.7. The molecule has 1 aliphatic heterocycles. The lowest BCUT2D eigenvalue weighted by molar-refractivity contribution is -0.141. The number of urea groups is 1. The Morgan fingerprint density at radius 2 is 1.81 bits per heavy atom. The molecule has 54 heavy (non-hydrogen) atoms. The average Bonchev–Trinajstić information content (AvgIpc) is 3.75. The minimum Gasteiger partial charge on any atom is -0.345 e. The van der Waals surface area contributed by atoms with Crippen LogP contribution in [-0.2, 0) is 24.2 Å². The Bertz CT molecular complexity index is 1600. The Balaban J connectivity index is 1.36. The van der Waals surface area contributed by atoms with Crippen LogP contribution in [0.5, 0.6) is 0 Å². The number of carbonyl (C=O) groups excluding carboxylic acids is 4. The number of sulfone groups is 1. The normalized spacial score (nSPS) is 28.0. The van der Waals surface area contributed by atoms with E-state index >= 15 is 0 Å². The molecule has 2 saturated carbocycles. The van der Waals surface area contributed by atoms with Gasteiger partial charge in [0, 0.05) is 12.8 Å². The molecule has 11 nitrogen and oxygen atoms in total. The number of nitrogens with zero attached hydrogens (tertiary/aromatic N) is 2. The van der Waals surface area contributed by atoms with E-state index in [2.05, 4.69) is 53.5 Å². The second-order valence-corrected chi connectivity index (χ2v) is 20.8. The minimum absolute atomic E-state index is 0.0666. The molecule has 0 bridgehead atoms. The van der Waals surface area contributed by atoms with E-state index in [0.29, 0.717) is 51.6 Å². The smallest absolute Gasteiger partial charge is 0.315 e. The summed E-state index contributed by atoms with van der Waals surface area (Å²) in [5.74, 6) is -0.236. The maximum absolute atomic E-state index is 14.9. The number of aliphatic imine (C=N–C) groups is 1. The summed E-state index contributed by atoms with van der Waals surface area (Å²) in [5, 5.41) is 9.16. The number of allylic oxidation sites excluding steroid dienone is 4. The molecule has 1 saturated heterocycles. The van der Waals surface area contributed by atoms with Gasteiger partial charge in [-0.2, -0.15) is 0 Å². The van der Waals surface area contributed by atoms with Crippen LogP contribution in [0.25, 0.3) is 0 Å². The van der Waals surface area contributed by atoms with Crippen LogP contribution in [-0.4, -0.2) is 90.9 Å². The first-order chi connectivity index (χ1) is 25.6. The Labute approximate surface area is 323 Å². The zero-order valence-electron chi connectivity index (χ0n) is 33.3. The van der Waals surface area contributed by atoms with Crippen LogP contribution in [0.1, 0.15) is 118 Å². The second-order valence-electron chi connectivity index (χ2n) is 18.1. The Morgan fingerprint density at radius 1 is 1.07 bits per heavy atom. The van der Waals surface area contributed by atoms with Gasteiger partial charge in [0.1, 0.15) is 18.4 Å². The first-order valence-corrected chi connectivity index (χ1v) is 22.1. The zero-order chi connectivity index (χ0) is 39.3. The molecule has 300 valence electrons. The van der Waals surface area contributed by atoms with Gasteiger partial charge in [-0.3, -0.25) is 14.6 Å². The van der Waals surface area contributed by atoms with Crippen molar-refractivity contribution >= 4 is 40.2 Å². The summed E-state index contributed by atoms with van der Waals surface area (Å²) in [4.78, 5) is 61.5. The number of nitrogens with one attached hydrogen (secondary N) is 3. The number of hydrogen-bond acceptors (Lipinski definition) is 7. The molecule has 0 spiro atoms. The third kappa shape index (κ3) is 9.93. The molecule has 0 radical (unpaired) electrons. The van der Waals surface area contributed by atoms with Gasteiger partial charge in [-0.05, 0) is 120 Å². The lowest BCUT2D eigenvalue weighted by Gasteiger charge is -2.40. The molecule has 0 aromatic rings. The van der Waals surface area contributed by atoms with Crippen molar-refractivity contribution in [2.45, 2.75) is 147 Å². The van der Waals surface area contributed by atoms with E-state index in [-0.39, 0.29) is 47.2 Å². The summed E-state index contributed by atoms with van der Waals surface area (Å²) in [7, 11) is -3.56. The Hall–Kier alpha value is -3.28. The predicted octanol–water partition coefficient (Wildman–Crippen LogP) is 5.86. The van der Waals surface area contributed by atoms with Crippen LogP contribution in [0.3, 0.4) is 0 Å². The lowest BCUT2D eigenvalue weighted by atomic mass is 9.71. The van der Waals surface area contributed by atoms with Crippen molar-refractivity contribution in [2.24, 2.45) is 34.6 Å². The van der Waals surface area contributed by atoms with Gasteiger partial charge in [0.15, 0.2) is 9.84 Å². The number of hydrogen-bond donors (Lipinski definition) is 3. The van der Waals surface area contributed by atoms with Gasteiger partial charge in [0.2, 0.25) is 11.8 Å². The van der Waals surface area contributed by atoms with E-state index in [9.17, 15) is 27.6 Å². The number of amides is 4. The minimum atomic E-state index is -3.56. The molecule has 12 heteroatoms. The van der Waals surface area contributed by atoms with E-state index in [1.807, 2.05) is 6.21 Å². The van der Waals surface area contributed by atoms with Crippen molar-refractivity contribution in [1.82, 2.24) is 20.9 Å². The third-order valence-electron chi connectivity index (χ3n) is 12.9. The SMILES string of the molecule is C=CCN=CC1CCC1CC(C=O)NC(=O)C1CC(C(C)C)CN1C(=O)C(NC(=O)NC1(CS(=O)(=O)C(C)(C)C)CCCCC1)C1CC2=C(CCC=C2)C1. The summed E-state index contributed by atoms with van der Waals surface area (Å²) in [6, 6.07) is -2.93. The topological polar surface area (TPSA) is 154 Å². The zero-order valence-corrected chi connectivity index (χ0v) is 34.1. The fourth-order valence-corrected chi connectivity index (χ4v) is 10.7. The summed E-state index contributed by atoms with van der Waals surface area (Å²) in [5.41, 5.74) is 1.58. The quantitative estimate of drug-likeness (QED) is 0.108. The summed E-state index contributed by atoms with van der Waals surface area (Å²) < 4.78 is 26.0. The van der Waals surface area contributed by atoms with Crippen molar-refractivity contribution in [3.8, 4) is 0 Å². The largest absolute Gasteiger partial charge is 0.345 e. The molecular formula is C42H65N5O6S. The van der Waals surface area contributed by atoms with Crippen LogP contribution in [0.15, 0.2) is 40.9 Å². The van der Waals surface area contributed by atoms with Crippen molar-refractivity contribution in [3.05, 3.63) is 36.0 Å². The molecule has 7 atom stereocenters. The third-order valence-corrected chi connectivity index (χ3v) is 15.7. The molecule has 1 heterocycles. The van der Waals surface area contributed by atoms with Gasteiger partial charge < -0.3 is 25.6 Å². The first-order valence-electron chi connectivity index (χ1n) is 20.4. The van der Waals surface area contributed by atoms with Crippen LogP contribution in [0, 0.1) is 29.6 Å². The van der Waals surface area contributed by atoms with Crippen molar-refractivity contribution in [1.29, 1.82) is 0 Å². The Morgan fingerprint density at radius 3 is 2.43 bits per heavy atom. The monoisotopic (exact) mass is 767 g/mol. The lowest BCUT2D eigenvalue weighted by Crippen LogP contribution is -2.62. The second kappa shape index (κ2) is 17.7. The number of rotatable bonds is 15. The molecule has 5 rings (SSSR count). The highest BCUT2D eigenvalue weighted by molar-refractivity contribution is 7.92. The van der Waals surface area contributed by atoms with E-state index in [1.165, 1.54) is 11.1 Å². The molecule has 5 aliphatic rings. The highest BCUT2D eigenvalue weighted by Gasteiger charge is 2.47. The molecule has 3 N–H and O–H groups in total. The molecule has 4 amide bonds. The van der Waals surface area contributed by atoms with Crippen LogP contribution < -0.4 is 16.0 Å². The summed E-state index contributed by atoms with van der Waals surface area (Å²) >= 11 is 0. The van der Waals surface area contributed by atoms with Gasteiger partial charge in [0.25, 0.3) is 0 Å². The van der Waals surface area contributed by atoms with Gasteiger partial charge >= 0.3 is 6.03 Å². The van der Waals surface area contributed by atoms with Crippen molar-refractivity contribution < 1.29 is 27.6 Å². The van der Waals surface area contributed by atoms with E-state index in [4.69, 9.17) is 0 Å². The summed E-state index contributed by atoms with van der Waals surface area (Å²) in [6.07, 6.45) is 18.5. The average molecular weight is 768 g/mol. The number of likely N-dealkylation sites (tertiary alicyclic amines) is 1. The molecule has 3 fully saturated rings. The molecule has 0 aromatic heterocycles. The highest BCUT2D eigenvalue weighted by atomic mass is 32.2. The fraction of sp³-hybridized carbons (Fsp3) is 0.738. The van der Waals surface area contributed by atoms with Crippen LogP contribution >= 0.6 is 0 Å². The van der Waals surface area contributed by atoms with E-state index < -0.39 is 44.3 Å². The van der Waals surface area contributed by atoms with Gasteiger partial charge in [-0.15, -0.1) is 6.58 Å². The number of aldehydes is 1. The van der Waals surface area contributed by atoms with Crippen LogP contribution in [0.2, 0.25) is 0 Å². The van der Waals surface area contributed by atoms with Crippen molar-refractivity contribution in [2.75, 3.05) is 18.8 Å². The van der Waals surface area contributed by atoms with Crippen molar-refractivity contribution in [3.63, 3.8) is 0 Å². The molecule has 0 aromatic carbocycles. The molecule has 4 aliphatic carbocycles. The maximum Gasteiger partial charge on any atom is 0.315 e. The molecular weight excluding hydrogens is 703 g/mol. The number of carbonyl (C=O) groups is 4. The van der Waals surface area contributed by atoms with Crippen LogP contribution in [0.4, 0.5) is 4.79 Å².